The third-order valence-electron chi connectivity index (χ3n) is 5.96. The molecular formula is C22H30N2O4. The third-order valence-corrected chi connectivity index (χ3v) is 5.96. The topological polar surface area (TPSA) is 72.7 Å². The maximum absolute atomic E-state index is 12.7. The predicted molar refractivity (Wildman–Crippen MR) is 107 cm³/mol. The molecule has 1 aromatic rings. The van der Waals surface area contributed by atoms with Crippen LogP contribution in [0.5, 0.6) is 0 Å². The van der Waals surface area contributed by atoms with Gasteiger partial charge in [0, 0.05) is 23.1 Å². The maximum atomic E-state index is 12.7. The Balaban J connectivity index is 1.69. The Morgan fingerprint density at radius 2 is 2.07 bits per heavy atom. The number of rotatable bonds is 7. The van der Waals surface area contributed by atoms with Crippen molar-refractivity contribution in [2.24, 2.45) is 11.8 Å². The van der Waals surface area contributed by atoms with E-state index in [4.69, 9.17) is 4.74 Å². The molecule has 1 amide bonds. The number of likely N-dealkylation sites (tertiary alicyclic amines) is 1. The summed E-state index contributed by atoms with van der Waals surface area (Å²) in [7, 11) is 0. The first-order chi connectivity index (χ1) is 13.6. The summed E-state index contributed by atoms with van der Waals surface area (Å²) in [5.74, 6) is -0.121. The van der Waals surface area contributed by atoms with Gasteiger partial charge in [0.05, 0.1) is 5.92 Å². The molecule has 0 bridgehead atoms. The number of amides is 1. The summed E-state index contributed by atoms with van der Waals surface area (Å²) >= 11 is 0. The van der Waals surface area contributed by atoms with Gasteiger partial charge in [-0.15, -0.1) is 0 Å². The van der Waals surface area contributed by atoms with Gasteiger partial charge in [0.15, 0.2) is 0 Å². The van der Waals surface area contributed by atoms with Crippen LogP contribution in [0.15, 0.2) is 42.1 Å². The molecule has 1 saturated heterocycles. The Labute approximate surface area is 166 Å². The fourth-order valence-corrected chi connectivity index (χ4v) is 4.55. The molecule has 3 atom stereocenters. The van der Waals surface area contributed by atoms with Crippen LogP contribution in [0, 0.1) is 22.0 Å². The molecule has 1 heterocycles. The molecule has 0 radical (unpaired) electrons. The largest absolute Gasteiger partial charge is 0.444 e. The average molecular weight is 386 g/mol. The summed E-state index contributed by atoms with van der Waals surface area (Å²) in [6, 6.07) is 8.96. The number of nitrogens with zero attached hydrogens (tertiary/aromatic N) is 2. The third kappa shape index (κ3) is 4.72. The van der Waals surface area contributed by atoms with E-state index < -0.39 is 12.1 Å². The number of hydrogen-bond acceptors (Lipinski definition) is 4. The summed E-state index contributed by atoms with van der Waals surface area (Å²) in [6.45, 7) is 2.93. The Bertz CT molecular complexity index is 704. The Kier molecular flexibility index (Phi) is 7.06. The minimum absolute atomic E-state index is 0.0654. The average Bonchev–Trinajstić information content (AvgIpc) is 2.72. The van der Waals surface area contributed by atoms with Crippen molar-refractivity contribution in [3.05, 3.63) is 57.8 Å². The van der Waals surface area contributed by atoms with E-state index in [2.05, 4.69) is 13.0 Å². The van der Waals surface area contributed by atoms with Gasteiger partial charge in [0.25, 0.3) is 0 Å². The molecule has 1 aromatic carbocycles. The van der Waals surface area contributed by atoms with Crippen molar-refractivity contribution in [1.82, 2.24) is 4.90 Å². The Morgan fingerprint density at radius 1 is 1.29 bits per heavy atom. The van der Waals surface area contributed by atoms with E-state index in [1.54, 1.807) is 4.90 Å². The molecule has 0 N–H and O–H groups in total. The lowest BCUT2D eigenvalue weighted by Gasteiger charge is -2.40. The number of nitro groups is 1. The molecule has 1 aliphatic heterocycles. The molecule has 0 unspecified atom stereocenters. The zero-order valence-corrected chi connectivity index (χ0v) is 16.6. The van der Waals surface area contributed by atoms with Gasteiger partial charge in [0.2, 0.25) is 6.04 Å². The Hall–Kier alpha value is -2.37. The molecular weight excluding hydrogens is 356 g/mol. The number of hydrogen-bond donors (Lipinski definition) is 0. The van der Waals surface area contributed by atoms with Crippen molar-refractivity contribution in [1.29, 1.82) is 0 Å². The molecule has 152 valence electrons. The predicted octanol–water partition coefficient (Wildman–Crippen LogP) is 5.16. The molecule has 6 heteroatoms. The van der Waals surface area contributed by atoms with Crippen LogP contribution in [0.1, 0.15) is 57.4 Å². The minimum atomic E-state index is -0.596. The molecule has 1 fully saturated rings. The number of allylic oxidation sites excluding steroid dienone is 1. The summed E-state index contributed by atoms with van der Waals surface area (Å²) in [6.07, 6.45) is 8.02. The molecule has 6 nitrogen and oxygen atoms in total. The van der Waals surface area contributed by atoms with Crippen molar-refractivity contribution in [2.45, 2.75) is 64.5 Å². The monoisotopic (exact) mass is 386 g/mol. The molecule has 28 heavy (non-hydrogen) atoms. The molecule has 0 spiro atoms. The minimum Gasteiger partial charge on any atom is -0.444 e. The fraction of sp³-hybridized carbons (Fsp3) is 0.591. The number of carbonyl (C=O) groups excluding carboxylic acids is 1. The number of ether oxygens (including phenoxy) is 1. The molecule has 3 rings (SSSR count). The highest BCUT2D eigenvalue weighted by Gasteiger charge is 2.47. The SMILES string of the molecule is CCCCC[C@H]1CC=C2[C@@H](CCCN2C(=O)OCc2ccccc2)[C@@H]1[N+](=O)[O-]. The lowest BCUT2D eigenvalue weighted by atomic mass is 9.73. The summed E-state index contributed by atoms with van der Waals surface area (Å²) < 4.78 is 5.49. The highest BCUT2D eigenvalue weighted by molar-refractivity contribution is 5.70. The van der Waals surface area contributed by atoms with Gasteiger partial charge in [-0.1, -0.05) is 62.6 Å². The lowest BCUT2D eigenvalue weighted by Crippen LogP contribution is -2.48. The van der Waals surface area contributed by atoms with Gasteiger partial charge in [-0.3, -0.25) is 15.0 Å². The van der Waals surface area contributed by atoms with E-state index in [1.807, 2.05) is 30.3 Å². The first kappa shape index (κ1) is 20.4. The van der Waals surface area contributed by atoms with E-state index in [9.17, 15) is 14.9 Å². The fourth-order valence-electron chi connectivity index (χ4n) is 4.55. The van der Waals surface area contributed by atoms with Crippen molar-refractivity contribution >= 4 is 6.09 Å². The smallest absolute Gasteiger partial charge is 0.414 e. The number of benzene rings is 1. The van der Waals surface area contributed by atoms with Crippen LogP contribution in [0.25, 0.3) is 0 Å². The summed E-state index contributed by atoms with van der Waals surface area (Å²) in [5.41, 5.74) is 1.74. The zero-order chi connectivity index (χ0) is 19.9. The van der Waals surface area contributed by atoms with E-state index in [-0.39, 0.29) is 23.4 Å². The number of carbonyl (C=O) groups is 1. The second-order valence-electron chi connectivity index (χ2n) is 7.84. The first-order valence-electron chi connectivity index (χ1n) is 10.4. The molecule has 2 aliphatic rings. The summed E-state index contributed by atoms with van der Waals surface area (Å²) in [4.78, 5) is 26.1. The second kappa shape index (κ2) is 9.71. The molecule has 0 saturated carbocycles. The van der Waals surface area contributed by atoms with Gasteiger partial charge in [-0.05, 0) is 31.2 Å². The standard InChI is InChI=1S/C22H30N2O4/c1-2-3-5-11-18-13-14-20-19(21(18)24(26)27)12-8-15-23(20)22(25)28-16-17-9-6-4-7-10-17/h4,6-7,9-10,14,18-19,21H,2-3,5,8,11-13,15-16H2,1H3/t18-,19+,21+/m0/s1. The van der Waals surface area contributed by atoms with Crippen molar-refractivity contribution in [2.75, 3.05) is 6.54 Å². The number of fused-ring (bicyclic) bond motifs is 1. The van der Waals surface area contributed by atoms with Crippen molar-refractivity contribution in [3.63, 3.8) is 0 Å². The zero-order valence-electron chi connectivity index (χ0n) is 16.6. The highest BCUT2D eigenvalue weighted by Crippen LogP contribution is 2.41. The van der Waals surface area contributed by atoms with Gasteiger partial charge in [-0.25, -0.2) is 4.79 Å². The van der Waals surface area contributed by atoms with E-state index >= 15 is 0 Å². The van der Waals surface area contributed by atoms with Crippen LogP contribution >= 0.6 is 0 Å². The second-order valence-corrected chi connectivity index (χ2v) is 7.84. The van der Waals surface area contributed by atoms with Gasteiger partial charge in [0.1, 0.15) is 6.61 Å². The van der Waals surface area contributed by atoms with Gasteiger partial charge in [-0.2, -0.15) is 0 Å². The van der Waals surface area contributed by atoms with Gasteiger partial charge < -0.3 is 4.74 Å². The molecule has 0 aromatic heterocycles. The van der Waals surface area contributed by atoms with Crippen LogP contribution in [-0.2, 0) is 11.3 Å². The van der Waals surface area contributed by atoms with Crippen LogP contribution in [-0.4, -0.2) is 28.5 Å². The van der Waals surface area contributed by atoms with E-state index in [0.717, 1.165) is 49.8 Å². The van der Waals surface area contributed by atoms with E-state index in [1.165, 1.54) is 0 Å². The number of unbranched alkanes of at least 4 members (excludes halogenated alkanes) is 2. The summed E-state index contributed by atoms with van der Waals surface area (Å²) in [5, 5.41) is 11.9. The van der Waals surface area contributed by atoms with Crippen molar-refractivity contribution < 1.29 is 14.5 Å². The highest BCUT2D eigenvalue weighted by atomic mass is 16.6. The Morgan fingerprint density at radius 3 is 2.79 bits per heavy atom. The van der Waals surface area contributed by atoms with Crippen LogP contribution in [0.4, 0.5) is 4.79 Å². The van der Waals surface area contributed by atoms with Crippen LogP contribution in [0.2, 0.25) is 0 Å². The normalized spacial score (nSPS) is 24.2. The number of piperidine rings is 1. The lowest BCUT2D eigenvalue weighted by molar-refractivity contribution is -0.542. The van der Waals surface area contributed by atoms with Crippen molar-refractivity contribution in [3.8, 4) is 0 Å². The molecule has 1 aliphatic carbocycles. The van der Waals surface area contributed by atoms with E-state index in [0.29, 0.717) is 13.0 Å². The van der Waals surface area contributed by atoms with Crippen LogP contribution in [0.3, 0.4) is 0 Å². The first-order valence-corrected chi connectivity index (χ1v) is 10.4. The quantitative estimate of drug-likeness (QED) is 0.368. The van der Waals surface area contributed by atoms with Gasteiger partial charge >= 0.3 is 6.09 Å². The van der Waals surface area contributed by atoms with Crippen LogP contribution < -0.4 is 0 Å². The maximum Gasteiger partial charge on any atom is 0.414 e.